The van der Waals surface area contributed by atoms with Gasteiger partial charge in [-0.1, -0.05) is 25.3 Å². The second kappa shape index (κ2) is 10.6. The van der Waals surface area contributed by atoms with E-state index in [4.69, 9.17) is 10.5 Å². The first-order chi connectivity index (χ1) is 19.2. The van der Waals surface area contributed by atoms with Crippen LogP contribution in [0.3, 0.4) is 0 Å². The number of nitrogens with two attached hydrogens (primary N) is 1. The van der Waals surface area contributed by atoms with E-state index in [0.29, 0.717) is 43.6 Å². The fourth-order valence-corrected chi connectivity index (χ4v) is 11.1. The Morgan fingerprint density at radius 1 is 1.20 bits per heavy atom. The quantitative estimate of drug-likeness (QED) is 0.172. The molecule has 6 rings (SSSR count). The molecule has 1 unspecified atom stereocenters. The van der Waals surface area contributed by atoms with Crippen LogP contribution in [0.2, 0.25) is 0 Å². The number of piperidine rings is 1. The number of quaternary nitrogens is 1. The molecule has 224 valence electrons. The molecule has 2 aliphatic heterocycles. The number of aliphatic carboxylic acids is 1. The molecule has 9 heteroatoms. The normalized spacial score (nSPS) is 46.9. The lowest BCUT2D eigenvalue weighted by atomic mass is 9.45. The predicted octanol–water partition coefficient (Wildman–Crippen LogP) is -0.241. The van der Waals surface area contributed by atoms with E-state index in [1.807, 2.05) is 0 Å². The van der Waals surface area contributed by atoms with E-state index in [1.165, 1.54) is 11.3 Å². The van der Waals surface area contributed by atoms with Gasteiger partial charge in [-0.15, -0.1) is 0 Å². The highest BCUT2D eigenvalue weighted by molar-refractivity contribution is 5.90. The SMILES string of the molecule is CN=C(N)[NH+]1CC[C@H](CNCCO)[C@@]2(C1)[C@@H]1CC[C@@H](C)[C@]23C[C@](O)([C@H]2CC[C@@H]4CCCC[C@@H]4O2)C(C(=O)[O-])=C3C1. The number of carboxylic acid groups (broad SMARTS) is 1. The fourth-order valence-electron chi connectivity index (χ4n) is 11.1. The Labute approximate surface area is 238 Å². The second-order valence-corrected chi connectivity index (χ2v) is 14.0. The van der Waals surface area contributed by atoms with Crippen LogP contribution in [0.4, 0.5) is 0 Å². The minimum atomic E-state index is -1.55. The topological polar surface area (TPSA) is 145 Å². The van der Waals surface area contributed by atoms with Gasteiger partial charge < -0.3 is 35.9 Å². The third kappa shape index (κ3) is 3.98. The lowest BCUT2D eigenvalue weighted by Crippen LogP contribution is -3.19. The summed E-state index contributed by atoms with van der Waals surface area (Å²) in [6, 6.07) is 0. The van der Waals surface area contributed by atoms with Gasteiger partial charge >= 0.3 is 0 Å². The van der Waals surface area contributed by atoms with Crippen LogP contribution < -0.4 is 21.1 Å². The number of guanidine groups is 1. The van der Waals surface area contributed by atoms with Gasteiger partial charge in [0.1, 0.15) is 5.60 Å². The van der Waals surface area contributed by atoms with Crippen LogP contribution in [0.1, 0.15) is 77.6 Å². The minimum absolute atomic E-state index is 0.0818. The van der Waals surface area contributed by atoms with Gasteiger partial charge in [-0.3, -0.25) is 4.90 Å². The number of hydrogen-bond acceptors (Lipinski definition) is 7. The third-order valence-electron chi connectivity index (χ3n) is 12.6. The van der Waals surface area contributed by atoms with Gasteiger partial charge in [0, 0.05) is 36.4 Å². The molecule has 9 nitrogen and oxygen atoms in total. The molecule has 40 heavy (non-hydrogen) atoms. The van der Waals surface area contributed by atoms with Crippen LogP contribution in [0.15, 0.2) is 16.1 Å². The van der Waals surface area contributed by atoms with E-state index in [-0.39, 0.29) is 35.5 Å². The third-order valence-corrected chi connectivity index (χ3v) is 12.6. The number of carboxylic acids is 1. The molecule has 2 heterocycles. The van der Waals surface area contributed by atoms with Crippen molar-refractivity contribution in [2.75, 3.05) is 39.8 Å². The number of aliphatic hydroxyl groups is 2. The van der Waals surface area contributed by atoms with Crippen LogP contribution in [0.25, 0.3) is 0 Å². The summed E-state index contributed by atoms with van der Waals surface area (Å²) >= 11 is 0. The van der Waals surface area contributed by atoms with E-state index in [2.05, 4.69) is 17.2 Å². The standard InChI is InChI=1S/C31H50N4O5/c1-19-7-9-21-15-23-26(27(37)38)31(39,25-10-8-20-5-3-4-6-24(20)40-25)17-29(19,23)30(21)18-35(28(32)33-2)13-11-22(30)16-34-12-14-36/h19-22,24-25,34,36,39H,3-18H2,1-2H3,(H2,32,33)(H,37,38)/t19-,20+,21-,22-,24+,25-,29+,30-,31+/m1/s1. The number of nitrogens with one attached hydrogen (secondary N) is 2. The molecule has 4 aliphatic carbocycles. The zero-order valence-electron chi connectivity index (χ0n) is 24.4. The fraction of sp³-hybridized carbons (Fsp3) is 0.871. The Morgan fingerprint density at radius 2 is 2.00 bits per heavy atom. The number of aliphatic hydroxyl groups excluding tert-OH is 1. The van der Waals surface area contributed by atoms with Crippen molar-refractivity contribution < 1.29 is 29.8 Å². The van der Waals surface area contributed by atoms with Crippen molar-refractivity contribution in [3.05, 3.63) is 11.1 Å². The second-order valence-electron chi connectivity index (χ2n) is 14.0. The molecular weight excluding hydrogens is 508 g/mol. The number of aliphatic imine (C=N–C) groups is 1. The molecule has 0 aromatic rings. The van der Waals surface area contributed by atoms with Crippen LogP contribution in [-0.2, 0) is 9.53 Å². The van der Waals surface area contributed by atoms with Crippen molar-refractivity contribution in [1.29, 1.82) is 0 Å². The Balaban J connectivity index is 1.46. The van der Waals surface area contributed by atoms with Gasteiger partial charge in [0.15, 0.2) is 0 Å². The number of ether oxygens (including phenoxy) is 1. The van der Waals surface area contributed by atoms with E-state index in [0.717, 1.165) is 70.2 Å². The Morgan fingerprint density at radius 3 is 2.75 bits per heavy atom. The van der Waals surface area contributed by atoms with Crippen LogP contribution in [0.5, 0.6) is 0 Å². The Bertz CT molecular complexity index is 1060. The number of carbonyl (C=O) groups excluding carboxylic acids is 1. The van der Waals surface area contributed by atoms with Crippen LogP contribution in [0, 0.1) is 34.5 Å². The molecule has 6 aliphatic rings. The molecule has 0 aromatic carbocycles. The van der Waals surface area contributed by atoms with Gasteiger partial charge in [0.25, 0.3) is 5.96 Å². The first-order valence-electron chi connectivity index (χ1n) is 15.9. The van der Waals surface area contributed by atoms with E-state index in [1.54, 1.807) is 7.05 Å². The van der Waals surface area contributed by atoms with Crippen LogP contribution in [-0.4, -0.2) is 79.8 Å². The van der Waals surface area contributed by atoms with E-state index >= 15 is 0 Å². The number of likely N-dealkylation sites (tertiary alicyclic amines) is 1. The lowest BCUT2D eigenvalue weighted by Gasteiger charge is -2.61. The van der Waals surface area contributed by atoms with Crippen LogP contribution >= 0.6 is 0 Å². The van der Waals surface area contributed by atoms with E-state index < -0.39 is 23.1 Å². The number of carbonyl (C=O) groups is 1. The maximum absolute atomic E-state index is 13.1. The summed E-state index contributed by atoms with van der Waals surface area (Å²) in [5.74, 6) is 0.711. The first-order valence-corrected chi connectivity index (χ1v) is 15.9. The highest BCUT2D eigenvalue weighted by atomic mass is 16.5. The Kier molecular flexibility index (Phi) is 7.60. The molecular formula is C31H50N4O5. The molecule has 10 atom stereocenters. The van der Waals surface area contributed by atoms with Gasteiger partial charge in [0.05, 0.1) is 37.9 Å². The molecule has 0 aromatic heterocycles. The molecule has 2 saturated heterocycles. The van der Waals surface area contributed by atoms with Crippen molar-refractivity contribution in [3.63, 3.8) is 0 Å². The summed E-state index contributed by atoms with van der Waals surface area (Å²) in [5.41, 5.74) is 5.32. The molecule has 0 radical (unpaired) electrons. The number of rotatable bonds is 6. The minimum Gasteiger partial charge on any atom is -0.545 e. The van der Waals surface area contributed by atoms with Gasteiger partial charge in [-0.05, 0) is 81.6 Å². The lowest BCUT2D eigenvalue weighted by molar-refractivity contribution is -0.828. The summed E-state index contributed by atoms with van der Waals surface area (Å²) in [5, 5.41) is 38.8. The van der Waals surface area contributed by atoms with Crippen molar-refractivity contribution in [2.24, 2.45) is 45.2 Å². The van der Waals surface area contributed by atoms with Gasteiger partial charge in [-0.25, -0.2) is 4.99 Å². The zero-order valence-corrected chi connectivity index (χ0v) is 24.4. The number of hydrogen-bond donors (Lipinski definition) is 5. The Hall–Kier alpha value is -1.52. The summed E-state index contributed by atoms with van der Waals surface area (Å²) in [6.07, 6.45) is 9.88. The predicted molar refractivity (Wildman–Crippen MR) is 149 cm³/mol. The number of allylic oxidation sites excluding steroid dienone is 1. The molecule has 2 spiro atoms. The molecule has 0 amide bonds. The molecule has 3 saturated carbocycles. The van der Waals surface area contributed by atoms with Crippen molar-refractivity contribution in [1.82, 2.24) is 5.32 Å². The first kappa shape index (κ1) is 28.6. The molecule has 6 N–H and O–H groups in total. The average molecular weight is 559 g/mol. The molecule has 5 fully saturated rings. The highest BCUT2D eigenvalue weighted by Gasteiger charge is 2.76. The van der Waals surface area contributed by atoms with Gasteiger partial charge in [0.2, 0.25) is 0 Å². The zero-order chi connectivity index (χ0) is 28.3. The van der Waals surface area contributed by atoms with E-state index in [9.17, 15) is 20.1 Å². The summed E-state index contributed by atoms with van der Waals surface area (Å²) in [6.45, 7) is 5.32. The van der Waals surface area contributed by atoms with Crippen molar-refractivity contribution >= 4 is 11.9 Å². The monoisotopic (exact) mass is 558 g/mol. The number of fused-ring (bicyclic) bond motifs is 1. The van der Waals surface area contributed by atoms with Gasteiger partial charge in [-0.2, -0.15) is 0 Å². The van der Waals surface area contributed by atoms with Crippen molar-refractivity contribution in [2.45, 2.75) is 95.4 Å². The average Bonchev–Trinajstić information content (AvgIpc) is 3.31. The number of nitrogens with zero attached hydrogens (tertiary/aromatic N) is 1. The maximum Gasteiger partial charge on any atom is 0.293 e. The van der Waals surface area contributed by atoms with Crippen molar-refractivity contribution in [3.8, 4) is 0 Å². The smallest absolute Gasteiger partial charge is 0.293 e. The maximum atomic E-state index is 13.1. The largest absolute Gasteiger partial charge is 0.545 e. The summed E-state index contributed by atoms with van der Waals surface area (Å²) < 4.78 is 6.69. The summed E-state index contributed by atoms with van der Waals surface area (Å²) in [4.78, 5) is 18.6. The summed E-state index contributed by atoms with van der Waals surface area (Å²) in [7, 11) is 1.74. The molecule has 2 bridgehead atoms. The highest BCUT2D eigenvalue weighted by Crippen LogP contribution is 2.77.